The monoisotopic (exact) mass is 266 g/mol. The van der Waals surface area contributed by atoms with Crippen LogP contribution in [-0.2, 0) is 6.42 Å². The van der Waals surface area contributed by atoms with Gasteiger partial charge in [-0.1, -0.05) is 36.7 Å². The normalized spacial score (nSPS) is 12.6. The molecule has 0 radical (unpaired) electrons. The summed E-state index contributed by atoms with van der Waals surface area (Å²) in [4.78, 5) is 3.09. The predicted molar refractivity (Wildman–Crippen MR) is 74.3 cm³/mol. The number of aryl methyl sites for hydroxylation is 1. The Labute approximate surface area is 111 Å². The minimum atomic E-state index is 0.150. The van der Waals surface area contributed by atoms with E-state index in [4.69, 9.17) is 23.8 Å². The summed E-state index contributed by atoms with van der Waals surface area (Å²) >= 11 is 11.5. The lowest BCUT2D eigenvalue weighted by molar-refractivity contribution is 0.604. The van der Waals surface area contributed by atoms with Crippen LogP contribution in [0.25, 0.3) is 0 Å². The molecule has 0 saturated heterocycles. The molecule has 2 rings (SSSR count). The lowest BCUT2D eigenvalue weighted by Gasteiger charge is -2.17. The summed E-state index contributed by atoms with van der Waals surface area (Å²) in [5, 5.41) is 0.783. The average Bonchev–Trinajstić information content (AvgIpc) is 2.70. The molecule has 0 spiro atoms. The summed E-state index contributed by atoms with van der Waals surface area (Å²) in [6, 6.07) is 8.04. The van der Waals surface area contributed by atoms with Gasteiger partial charge >= 0.3 is 0 Å². The zero-order valence-corrected chi connectivity index (χ0v) is 11.5. The molecular weight excluding hydrogens is 252 g/mol. The van der Waals surface area contributed by atoms with E-state index in [2.05, 4.69) is 23.4 Å². The third-order valence-corrected chi connectivity index (χ3v) is 3.65. The topological polar surface area (TPSA) is 20.7 Å². The molecule has 1 unspecified atom stereocenters. The lowest BCUT2D eigenvalue weighted by Crippen LogP contribution is -2.10. The molecule has 1 aromatic heterocycles. The Morgan fingerprint density at radius 2 is 2.12 bits per heavy atom. The molecule has 2 nitrogen and oxygen atoms in total. The van der Waals surface area contributed by atoms with Crippen LogP contribution in [0.15, 0.2) is 30.5 Å². The van der Waals surface area contributed by atoms with Gasteiger partial charge in [-0.05, 0) is 37.2 Å². The Kier molecular flexibility index (Phi) is 3.69. The van der Waals surface area contributed by atoms with Gasteiger partial charge in [0, 0.05) is 16.9 Å². The smallest absolute Gasteiger partial charge is 0.177 e. The summed E-state index contributed by atoms with van der Waals surface area (Å²) in [5.41, 5.74) is 2.29. The van der Waals surface area contributed by atoms with Crippen molar-refractivity contribution in [3.05, 3.63) is 51.5 Å². The van der Waals surface area contributed by atoms with Crippen LogP contribution in [-0.4, -0.2) is 9.55 Å². The molecule has 17 heavy (non-hydrogen) atoms. The van der Waals surface area contributed by atoms with Crippen molar-refractivity contribution in [3.63, 3.8) is 0 Å². The van der Waals surface area contributed by atoms with Crippen LogP contribution in [0, 0.1) is 4.77 Å². The van der Waals surface area contributed by atoms with E-state index in [1.807, 2.05) is 30.5 Å². The zero-order chi connectivity index (χ0) is 12.4. The third-order valence-electron chi connectivity index (χ3n) is 3.00. The number of aromatic amines is 1. The first-order chi connectivity index (χ1) is 8.15. The molecule has 1 N–H and O–H groups in total. The summed E-state index contributed by atoms with van der Waals surface area (Å²) in [6.45, 7) is 4.23. The highest BCUT2D eigenvalue weighted by atomic mass is 35.5. The molecule has 0 saturated carbocycles. The molecule has 90 valence electrons. The van der Waals surface area contributed by atoms with Crippen molar-refractivity contribution in [2.45, 2.75) is 26.3 Å². The number of benzene rings is 1. The summed E-state index contributed by atoms with van der Waals surface area (Å²) in [6.07, 6.45) is 2.91. The van der Waals surface area contributed by atoms with Crippen molar-refractivity contribution >= 4 is 23.8 Å². The summed E-state index contributed by atoms with van der Waals surface area (Å²) < 4.78 is 2.87. The standard InChI is InChI=1S/C13H15ClN2S/c1-3-10-8-15-13(17)16(10)9(2)11-6-4-5-7-12(11)14/h4-9H,3H2,1-2H3,(H,15,17). The highest BCUT2D eigenvalue weighted by Crippen LogP contribution is 2.27. The maximum absolute atomic E-state index is 6.23. The van der Waals surface area contributed by atoms with E-state index in [0.717, 1.165) is 21.8 Å². The van der Waals surface area contributed by atoms with Gasteiger partial charge < -0.3 is 9.55 Å². The second-order valence-electron chi connectivity index (χ2n) is 4.01. The largest absolute Gasteiger partial charge is 0.337 e. The van der Waals surface area contributed by atoms with Gasteiger partial charge in [-0.25, -0.2) is 0 Å². The summed E-state index contributed by atoms with van der Waals surface area (Å²) in [7, 11) is 0. The van der Waals surface area contributed by atoms with Crippen molar-refractivity contribution in [2.75, 3.05) is 0 Å². The number of aromatic nitrogens is 2. The molecule has 1 atom stereocenters. The van der Waals surface area contributed by atoms with Crippen molar-refractivity contribution < 1.29 is 0 Å². The molecule has 2 aromatic rings. The first-order valence-corrected chi connectivity index (χ1v) is 6.47. The maximum atomic E-state index is 6.23. The fourth-order valence-electron chi connectivity index (χ4n) is 2.06. The minimum Gasteiger partial charge on any atom is -0.337 e. The number of nitrogens with zero attached hydrogens (tertiary/aromatic N) is 1. The van der Waals surface area contributed by atoms with E-state index in [0.29, 0.717) is 0 Å². The van der Waals surface area contributed by atoms with Gasteiger partial charge in [-0.15, -0.1) is 0 Å². The van der Waals surface area contributed by atoms with E-state index >= 15 is 0 Å². The Bertz CT molecular complexity index is 571. The van der Waals surface area contributed by atoms with Gasteiger partial charge in [0.15, 0.2) is 4.77 Å². The molecular formula is C13H15ClN2S. The quantitative estimate of drug-likeness (QED) is 0.818. The molecule has 1 aromatic carbocycles. The van der Waals surface area contributed by atoms with Gasteiger partial charge in [0.25, 0.3) is 0 Å². The number of halogens is 1. The highest BCUT2D eigenvalue weighted by molar-refractivity contribution is 7.71. The minimum absolute atomic E-state index is 0.150. The van der Waals surface area contributed by atoms with Gasteiger partial charge in [-0.3, -0.25) is 0 Å². The fourth-order valence-corrected chi connectivity index (χ4v) is 2.69. The Morgan fingerprint density at radius 1 is 1.41 bits per heavy atom. The number of H-pyrrole nitrogens is 1. The van der Waals surface area contributed by atoms with Crippen LogP contribution < -0.4 is 0 Å². The van der Waals surface area contributed by atoms with E-state index in [9.17, 15) is 0 Å². The third kappa shape index (κ3) is 2.31. The first kappa shape index (κ1) is 12.4. The van der Waals surface area contributed by atoms with Crippen molar-refractivity contribution in [3.8, 4) is 0 Å². The number of hydrogen-bond donors (Lipinski definition) is 1. The zero-order valence-electron chi connectivity index (χ0n) is 9.90. The number of hydrogen-bond acceptors (Lipinski definition) is 1. The van der Waals surface area contributed by atoms with Gasteiger partial charge in [0.2, 0.25) is 0 Å². The lowest BCUT2D eigenvalue weighted by atomic mass is 10.1. The predicted octanol–water partition coefficient (Wildman–Crippen LogP) is 4.37. The molecule has 0 amide bonds. The maximum Gasteiger partial charge on any atom is 0.177 e. The van der Waals surface area contributed by atoms with Crippen LogP contribution in [0.4, 0.5) is 0 Å². The molecule has 0 aliphatic carbocycles. The van der Waals surface area contributed by atoms with E-state index < -0.39 is 0 Å². The van der Waals surface area contributed by atoms with E-state index in [1.165, 1.54) is 5.69 Å². The van der Waals surface area contributed by atoms with E-state index in [-0.39, 0.29) is 6.04 Å². The SMILES string of the molecule is CCc1c[nH]c(=S)n1C(C)c1ccccc1Cl. The second-order valence-corrected chi connectivity index (χ2v) is 4.80. The molecule has 4 heteroatoms. The van der Waals surface area contributed by atoms with Gasteiger partial charge in [-0.2, -0.15) is 0 Å². The van der Waals surface area contributed by atoms with Gasteiger partial charge in [0.1, 0.15) is 0 Å². The first-order valence-electron chi connectivity index (χ1n) is 5.68. The van der Waals surface area contributed by atoms with Crippen molar-refractivity contribution in [2.24, 2.45) is 0 Å². The molecule has 0 aliphatic heterocycles. The van der Waals surface area contributed by atoms with Crippen LogP contribution in [0.1, 0.15) is 31.1 Å². The molecule has 0 aliphatic rings. The Hall–Kier alpha value is -1.06. The number of imidazole rings is 1. The van der Waals surface area contributed by atoms with Crippen molar-refractivity contribution in [1.29, 1.82) is 0 Å². The Balaban J connectivity index is 2.51. The second kappa shape index (κ2) is 5.07. The van der Waals surface area contributed by atoms with Crippen LogP contribution in [0.2, 0.25) is 5.02 Å². The van der Waals surface area contributed by atoms with Crippen LogP contribution in [0.3, 0.4) is 0 Å². The van der Waals surface area contributed by atoms with Crippen LogP contribution in [0.5, 0.6) is 0 Å². The number of rotatable bonds is 3. The Morgan fingerprint density at radius 3 is 2.76 bits per heavy atom. The molecule has 1 heterocycles. The molecule has 0 bridgehead atoms. The van der Waals surface area contributed by atoms with Crippen molar-refractivity contribution in [1.82, 2.24) is 9.55 Å². The van der Waals surface area contributed by atoms with Crippen LogP contribution >= 0.6 is 23.8 Å². The summed E-state index contributed by atoms with van der Waals surface area (Å²) in [5.74, 6) is 0. The molecule has 0 fully saturated rings. The van der Waals surface area contributed by atoms with Gasteiger partial charge in [0.05, 0.1) is 6.04 Å². The number of nitrogens with one attached hydrogen (secondary N) is 1. The highest BCUT2D eigenvalue weighted by Gasteiger charge is 2.14. The fraction of sp³-hybridized carbons (Fsp3) is 0.308. The van der Waals surface area contributed by atoms with E-state index in [1.54, 1.807) is 0 Å². The average molecular weight is 267 g/mol.